The van der Waals surface area contributed by atoms with Gasteiger partial charge in [-0.2, -0.15) is 0 Å². The molecule has 0 aliphatic heterocycles. The summed E-state index contributed by atoms with van der Waals surface area (Å²) in [7, 11) is 0. The van der Waals surface area contributed by atoms with Crippen LogP contribution < -0.4 is 5.32 Å². The molecule has 0 bridgehead atoms. The lowest BCUT2D eigenvalue weighted by atomic mass is 9.88. The normalized spacial score (nSPS) is 31.3. The van der Waals surface area contributed by atoms with E-state index >= 15 is 0 Å². The number of rotatable bonds is 3. The number of hydrogen-bond donors (Lipinski definition) is 2. The van der Waals surface area contributed by atoms with Crippen LogP contribution >= 0.6 is 0 Å². The van der Waals surface area contributed by atoms with Crippen LogP contribution in [0.3, 0.4) is 0 Å². The fourth-order valence-corrected chi connectivity index (χ4v) is 3.44. The zero-order valence-electron chi connectivity index (χ0n) is 10.9. The van der Waals surface area contributed by atoms with Gasteiger partial charge in [0.05, 0.1) is 6.10 Å². The van der Waals surface area contributed by atoms with Crippen molar-refractivity contribution in [1.29, 1.82) is 0 Å². The Balaban J connectivity index is 1.51. The van der Waals surface area contributed by atoms with Crippen molar-refractivity contribution in [3.63, 3.8) is 0 Å². The highest BCUT2D eigenvalue weighted by atomic mass is 16.3. The van der Waals surface area contributed by atoms with Crippen molar-refractivity contribution in [1.82, 2.24) is 5.32 Å². The van der Waals surface area contributed by atoms with Gasteiger partial charge in [0.1, 0.15) is 0 Å². The van der Waals surface area contributed by atoms with Crippen molar-refractivity contribution in [3.05, 3.63) is 35.4 Å². The summed E-state index contributed by atoms with van der Waals surface area (Å²) >= 11 is 0. The van der Waals surface area contributed by atoms with Crippen molar-refractivity contribution in [2.24, 2.45) is 5.92 Å². The molecule has 3 unspecified atom stereocenters. The zero-order chi connectivity index (χ0) is 12.4. The van der Waals surface area contributed by atoms with Gasteiger partial charge in [-0.05, 0) is 62.1 Å². The van der Waals surface area contributed by atoms with E-state index < -0.39 is 0 Å². The standard InChI is InChI=1S/C16H23NO/c18-16-8-5-12(9-16)11-17-15-7-6-13-3-1-2-4-14(13)10-15/h1-4,12,15-18H,5-11H2. The van der Waals surface area contributed by atoms with E-state index in [2.05, 4.69) is 29.6 Å². The third-order valence-corrected chi connectivity index (χ3v) is 4.56. The van der Waals surface area contributed by atoms with Crippen LogP contribution in [0.15, 0.2) is 24.3 Å². The molecule has 0 radical (unpaired) electrons. The summed E-state index contributed by atoms with van der Waals surface area (Å²) in [5.74, 6) is 0.692. The molecular formula is C16H23NO. The highest BCUT2D eigenvalue weighted by Crippen LogP contribution is 2.26. The van der Waals surface area contributed by atoms with Crippen molar-refractivity contribution < 1.29 is 5.11 Å². The van der Waals surface area contributed by atoms with Crippen LogP contribution in [0, 0.1) is 5.92 Å². The van der Waals surface area contributed by atoms with Crippen LogP contribution in [-0.2, 0) is 12.8 Å². The first-order valence-corrected chi connectivity index (χ1v) is 7.29. The van der Waals surface area contributed by atoms with Crippen LogP contribution in [0.4, 0.5) is 0 Å². The Hall–Kier alpha value is -0.860. The predicted molar refractivity (Wildman–Crippen MR) is 73.6 cm³/mol. The Bertz CT molecular complexity index is 404. The van der Waals surface area contributed by atoms with E-state index in [1.54, 1.807) is 0 Å². The maximum absolute atomic E-state index is 9.54. The van der Waals surface area contributed by atoms with E-state index in [0.717, 1.165) is 19.4 Å². The van der Waals surface area contributed by atoms with Gasteiger partial charge in [-0.1, -0.05) is 24.3 Å². The first-order chi connectivity index (χ1) is 8.81. The van der Waals surface area contributed by atoms with E-state index in [9.17, 15) is 5.11 Å². The minimum atomic E-state index is -0.0381. The van der Waals surface area contributed by atoms with Gasteiger partial charge in [-0.3, -0.25) is 0 Å². The second-order valence-electron chi connectivity index (χ2n) is 5.95. The highest BCUT2D eigenvalue weighted by molar-refractivity contribution is 5.30. The molecule has 0 heterocycles. The van der Waals surface area contributed by atoms with E-state index in [1.807, 2.05) is 0 Å². The first kappa shape index (κ1) is 12.2. The number of benzene rings is 1. The molecule has 18 heavy (non-hydrogen) atoms. The van der Waals surface area contributed by atoms with E-state index in [4.69, 9.17) is 0 Å². The molecular weight excluding hydrogens is 222 g/mol. The third-order valence-electron chi connectivity index (χ3n) is 4.56. The maximum Gasteiger partial charge on any atom is 0.0543 e. The number of aliphatic hydroxyl groups excluding tert-OH is 1. The second-order valence-corrected chi connectivity index (χ2v) is 5.95. The van der Waals surface area contributed by atoms with Gasteiger partial charge in [-0.15, -0.1) is 0 Å². The van der Waals surface area contributed by atoms with Crippen molar-refractivity contribution in [3.8, 4) is 0 Å². The Morgan fingerprint density at radius 1 is 1.11 bits per heavy atom. The molecule has 1 fully saturated rings. The molecule has 3 atom stereocenters. The quantitative estimate of drug-likeness (QED) is 0.856. The largest absolute Gasteiger partial charge is 0.393 e. The van der Waals surface area contributed by atoms with Crippen LogP contribution in [-0.4, -0.2) is 23.8 Å². The van der Waals surface area contributed by atoms with E-state index in [-0.39, 0.29) is 6.10 Å². The zero-order valence-corrected chi connectivity index (χ0v) is 10.9. The maximum atomic E-state index is 9.54. The Morgan fingerprint density at radius 2 is 1.94 bits per heavy atom. The molecule has 2 heteroatoms. The van der Waals surface area contributed by atoms with Crippen LogP contribution in [0.25, 0.3) is 0 Å². The molecule has 2 nitrogen and oxygen atoms in total. The summed E-state index contributed by atoms with van der Waals surface area (Å²) < 4.78 is 0. The molecule has 0 spiro atoms. The number of fused-ring (bicyclic) bond motifs is 1. The van der Waals surface area contributed by atoms with Gasteiger partial charge in [0.15, 0.2) is 0 Å². The summed E-state index contributed by atoms with van der Waals surface area (Å²) in [5, 5.41) is 13.3. The molecule has 2 N–H and O–H groups in total. The molecule has 0 aromatic heterocycles. The van der Waals surface area contributed by atoms with Crippen LogP contribution in [0.1, 0.15) is 36.8 Å². The number of aliphatic hydroxyl groups is 1. The summed E-state index contributed by atoms with van der Waals surface area (Å²) in [6, 6.07) is 9.46. The SMILES string of the molecule is OC1CCC(CNC2CCc3ccccc3C2)C1. The molecule has 0 saturated heterocycles. The fourth-order valence-electron chi connectivity index (χ4n) is 3.44. The summed E-state index contributed by atoms with van der Waals surface area (Å²) in [6.45, 7) is 1.09. The highest BCUT2D eigenvalue weighted by Gasteiger charge is 2.24. The molecule has 98 valence electrons. The lowest BCUT2D eigenvalue weighted by Gasteiger charge is -2.26. The smallest absolute Gasteiger partial charge is 0.0543 e. The summed E-state index contributed by atoms with van der Waals surface area (Å²) in [4.78, 5) is 0. The van der Waals surface area contributed by atoms with Gasteiger partial charge in [-0.25, -0.2) is 0 Å². The van der Waals surface area contributed by atoms with Gasteiger partial charge < -0.3 is 10.4 Å². The second kappa shape index (κ2) is 5.41. The van der Waals surface area contributed by atoms with Crippen molar-refractivity contribution >= 4 is 0 Å². The lowest BCUT2D eigenvalue weighted by molar-refractivity contribution is 0.177. The average molecular weight is 245 g/mol. The van der Waals surface area contributed by atoms with Gasteiger partial charge in [0.2, 0.25) is 0 Å². The Morgan fingerprint density at radius 3 is 2.72 bits per heavy atom. The monoisotopic (exact) mass is 245 g/mol. The van der Waals surface area contributed by atoms with Crippen LogP contribution in [0.2, 0.25) is 0 Å². The summed E-state index contributed by atoms with van der Waals surface area (Å²) in [6.07, 6.45) is 6.79. The van der Waals surface area contributed by atoms with Crippen LogP contribution in [0.5, 0.6) is 0 Å². The van der Waals surface area contributed by atoms with E-state index in [0.29, 0.717) is 12.0 Å². The number of nitrogens with one attached hydrogen (secondary N) is 1. The predicted octanol–water partition coefficient (Wildman–Crippen LogP) is 2.29. The molecule has 2 aliphatic rings. The number of hydrogen-bond acceptors (Lipinski definition) is 2. The Kier molecular flexibility index (Phi) is 3.67. The molecule has 2 aliphatic carbocycles. The molecule has 3 rings (SSSR count). The summed E-state index contributed by atoms with van der Waals surface area (Å²) in [5.41, 5.74) is 3.06. The molecule has 1 aromatic carbocycles. The minimum Gasteiger partial charge on any atom is -0.393 e. The van der Waals surface area contributed by atoms with Crippen molar-refractivity contribution in [2.75, 3.05) is 6.54 Å². The first-order valence-electron chi connectivity index (χ1n) is 7.29. The van der Waals surface area contributed by atoms with Gasteiger partial charge in [0, 0.05) is 6.04 Å². The molecule has 1 aromatic rings. The van der Waals surface area contributed by atoms with Gasteiger partial charge in [0.25, 0.3) is 0 Å². The Labute approximate surface area is 109 Å². The van der Waals surface area contributed by atoms with Gasteiger partial charge >= 0.3 is 0 Å². The molecule has 1 saturated carbocycles. The third kappa shape index (κ3) is 2.76. The minimum absolute atomic E-state index is 0.0381. The van der Waals surface area contributed by atoms with Crippen molar-refractivity contribution in [2.45, 2.75) is 50.7 Å². The fraction of sp³-hybridized carbons (Fsp3) is 0.625. The molecule has 0 amide bonds. The average Bonchev–Trinajstić information content (AvgIpc) is 2.82. The lowest BCUT2D eigenvalue weighted by Crippen LogP contribution is -2.37. The topological polar surface area (TPSA) is 32.3 Å². The van der Waals surface area contributed by atoms with E-state index in [1.165, 1.54) is 36.8 Å². The number of aryl methyl sites for hydroxylation is 1.